The molecule has 0 unspecified atom stereocenters. The quantitative estimate of drug-likeness (QED) is 0.688. The molecular weight excluding hydrogens is 214 g/mol. The summed E-state index contributed by atoms with van der Waals surface area (Å²) in [6, 6.07) is 8.02. The minimum absolute atomic E-state index is 0.128. The number of hydrogen-bond acceptors (Lipinski definition) is 2. The number of nitrogens with one attached hydrogen (secondary N) is 2. The number of nitrogens with two attached hydrogens (primary N) is 1. The highest BCUT2D eigenvalue weighted by atomic mass is 16.1. The number of carbonyl (C=O) groups excluding carboxylic acids is 1. The molecule has 4 nitrogen and oxygen atoms in total. The lowest BCUT2D eigenvalue weighted by Crippen LogP contribution is -2.46. The Balaban J connectivity index is 2.16. The number of amides is 1. The normalized spacial score (nSPS) is 23.6. The molecule has 0 saturated carbocycles. The van der Waals surface area contributed by atoms with Gasteiger partial charge >= 0.3 is 0 Å². The van der Waals surface area contributed by atoms with E-state index in [1.54, 1.807) is 0 Å². The Morgan fingerprint density at radius 1 is 1.41 bits per heavy atom. The van der Waals surface area contributed by atoms with Gasteiger partial charge in [0.15, 0.2) is 0 Å². The van der Waals surface area contributed by atoms with Gasteiger partial charge in [0.25, 0.3) is 0 Å². The first kappa shape index (κ1) is 10.4. The van der Waals surface area contributed by atoms with Crippen molar-refractivity contribution in [3.05, 3.63) is 35.5 Å². The highest BCUT2D eigenvalue weighted by molar-refractivity contribution is 5.87. The highest BCUT2D eigenvalue weighted by Gasteiger charge is 2.29. The third-order valence-electron chi connectivity index (χ3n) is 3.48. The summed E-state index contributed by atoms with van der Waals surface area (Å²) in [7, 11) is 0. The fraction of sp³-hybridized carbons (Fsp3) is 0.308. The van der Waals surface area contributed by atoms with Crippen LogP contribution in [0.5, 0.6) is 0 Å². The standard InChI is InChI=1S/C13H15N3O/c1-7-12-9(6-11(15-7)13(14)17)8-4-2-3-5-10(8)16-12/h2-5,7,11,15-16H,6H2,1H3,(H2,14,17)/t7-,11+/m1/s1. The summed E-state index contributed by atoms with van der Waals surface area (Å²) in [5.74, 6) is -0.284. The minimum Gasteiger partial charge on any atom is -0.368 e. The molecule has 3 rings (SSSR count). The number of para-hydroxylation sites is 1. The third-order valence-corrected chi connectivity index (χ3v) is 3.48. The first-order valence-corrected chi connectivity index (χ1v) is 5.81. The highest BCUT2D eigenvalue weighted by Crippen LogP contribution is 2.31. The van der Waals surface area contributed by atoms with Gasteiger partial charge < -0.3 is 10.7 Å². The monoisotopic (exact) mass is 229 g/mol. The summed E-state index contributed by atoms with van der Waals surface area (Å²) < 4.78 is 0. The molecule has 17 heavy (non-hydrogen) atoms. The van der Waals surface area contributed by atoms with Crippen LogP contribution >= 0.6 is 0 Å². The van der Waals surface area contributed by atoms with Crippen molar-refractivity contribution in [2.24, 2.45) is 5.73 Å². The molecule has 0 radical (unpaired) electrons. The molecule has 1 aliphatic heterocycles. The van der Waals surface area contributed by atoms with Crippen molar-refractivity contribution in [3.8, 4) is 0 Å². The Kier molecular flexibility index (Phi) is 2.19. The number of carbonyl (C=O) groups is 1. The molecule has 0 fully saturated rings. The van der Waals surface area contributed by atoms with Crippen LogP contribution in [-0.4, -0.2) is 16.9 Å². The van der Waals surface area contributed by atoms with Crippen LogP contribution in [0.4, 0.5) is 0 Å². The Hall–Kier alpha value is -1.81. The van der Waals surface area contributed by atoms with E-state index in [0.717, 1.165) is 5.52 Å². The van der Waals surface area contributed by atoms with Crippen molar-refractivity contribution in [2.75, 3.05) is 0 Å². The molecule has 1 amide bonds. The van der Waals surface area contributed by atoms with Crippen LogP contribution in [0.1, 0.15) is 24.2 Å². The summed E-state index contributed by atoms with van der Waals surface area (Å²) in [5.41, 5.74) is 8.90. The maximum Gasteiger partial charge on any atom is 0.234 e. The number of benzene rings is 1. The lowest BCUT2D eigenvalue weighted by molar-refractivity contribution is -0.120. The summed E-state index contributed by atoms with van der Waals surface area (Å²) in [6.45, 7) is 2.04. The van der Waals surface area contributed by atoms with Crippen molar-refractivity contribution in [3.63, 3.8) is 0 Å². The molecule has 1 aromatic carbocycles. The van der Waals surface area contributed by atoms with Crippen LogP contribution in [0.3, 0.4) is 0 Å². The number of hydrogen-bond donors (Lipinski definition) is 3. The zero-order valence-corrected chi connectivity index (χ0v) is 9.66. The smallest absolute Gasteiger partial charge is 0.234 e. The average molecular weight is 229 g/mol. The van der Waals surface area contributed by atoms with E-state index in [2.05, 4.69) is 22.4 Å². The predicted molar refractivity (Wildman–Crippen MR) is 66.5 cm³/mol. The number of aromatic nitrogens is 1. The summed E-state index contributed by atoms with van der Waals surface area (Å²) in [5, 5.41) is 4.42. The second-order valence-electron chi connectivity index (χ2n) is 4.61. The van der Waals surface area contributed by atoms with E-state index < -0.39 is 0 Å². The van der Waals surface area contributed by atoms with Gasteiger partial charge in [0.1, 0.15) is 0 Å². The van der Waals surface area contributed by atoms with E-state index in [1.807, 2.05) is 19.1 Å². The van der Waals surface area contributed by atoms with E-state index in [4.69, 9.17) is 5.73 Å². The van der Waals surface area contributed by atoms with Gasteiger partial charge in [-0.2, -0.15) is 0 Å². The van der Waals surface area contributed by atoms with Crippen molar-refractivity contribution in [2.45, 2.75) is 25.4 Å². The fourth-order valence-electron chi connectivity index (χ4n) is 2.64. The fourth-order valence-corrected chi connectivity index (χ4v) is 2.64. The lowest BCUT2D eigenvalue weighted by atomic mass is 9.94. The molecule has 1 aromatic heterocycles. The van der Waals surface area contributed by atoms with Crippen LogP contribution < -0.4 is 11.1 Å². The summed E-state index contributed by atoms with van der Waals surface area (Å²) in [4.78, 5) is 14.7. The van der Waals surface area contributed by atoms with Gasteiger partial charge in [-0.25, -0.2) is 0 Å². The van der Waals surface area contributed by atoms with Crippen LogP contribution in [0.15, 0.2) is 24.3 Å². The van der Waals surface area contributed by atoms with Crippen molar-refractivity contribution >= 4 is 16.8 Å². The second kappa shape index (κ2) is 3.60. The molecule has 2 atom stereocenters. The van der Waals surface area contributed by atoms with Gasteiger partial charge in [-0.1, -0.05) is 18.2 Å². The average Bonchev–Trinajstić information content (AvgIpc) is 2.68. The molecule has 2 heterocycles. The zero-order chi connectivity index (χ0) is 12.0. The molecule has 0 aliphatic carbocycles. The van der Waals surface area contributed by atoms with Gasteiger partial charge in [0.2, 0.25) is 5.91 Å². The van der Waals surface area contributed by atoms with Crippen molar-refractivity contribution in [1.29, 1.82) is 0 Å². The molecule has 4 heteroatoms. The van der Waals surface area contributed by atoms with E-state index in [0.29, 0.717) is 6.42 Å². The van der Waals surface area contributed by atoms with Crippen LogP contribution in [0.25, 0.3) is 10.9 Å². The minimum atomic E-state index is -0.284. The third kappa shape index (κ3) is 1.52. The number of aromatic amines is 1. The summed E-state index contributed by atoms with van der Waals surface area (Å²) >= 11 is 0. The van der Waals surface area contributed by atoms with Gasteiger partial charge in [0, 0.05) is 22.6 Å². The van der Waals surface area contributed by atoms with Crippen molar-refractivity contribution in [1.82, 2.24) is 10.3 Å². The maximum absolute atomic E-state index is 11.3. The molecule has 88 valence electrons. The van der Waals surface area contributed by atoms with E-state index in [9.17, 15) is 4.79 Å². The Morgan fingerprint density at radius 2 is 2.18 bits per heavy atom. The number of fused-ring (bicyclic) bond motifs is 3. The second-order valence-corrected chi connectivity index (χ2v) is 4.61. The van der Waals surface area contributed by atoms with Gasteiger partial charge in [-0.3, -0.25) is 10.1 Å². The Bertz CT molecular complexity index is 587. The molecule has 4 N–H and O–H groups in total. The number of H-pyrrole nitrogens is 1. The number of primary amides is 1. The van der Waals surface area contributed by atoms with Crippen LogP contribution in [0.2, 0.25) is 0 Å². The van der Waals surface area contributed by atoms with E-state index in [-0.39, 0.29) is 18.0 Å². The van der Waals surface area contributed by atoms with Crippen molar-refractivity contribution < 1.29 is 4.79 Å². The zero-order valence-electron chi connectivity index (χ0n) is 9.66. The van der Waals surface area contributed by atoms with Gasteiger partial charge in [-0.15, -0.1) is 0 Å². The predicted octanol–water partition coefficient (Wildman–Crippen LogP) is 1.23. The number of rotatable bonds is 1. The maximum atomic E-state index is 11.3. The lowest BCUT2D eigenvalue weighted by Gasteiger charge is -2.27. The molecule has 0 spiro atoms. The largest absolute Gasteiger partial charge is 0.368 e. The Labute approximate surface area is 99.2 Å². The topological polar surface area (TPSA) is 70.9 Å². The first-order valence-electron chi connectivity index (χ1n) is 5.81. The molecule has 2 aromatic rings. The van der Waals surface area contributed by atoms with E-state index in [1.165, 1.54) is 16.6 Å². The summed E-state index contributed by atoms with van der Waals surface area (Å²) in [6.07, 6.45) is 0.666. The molecule has 0 saturated heterocycles. The molecular formula is C13H15N3O. The SMILES string of the molecule is C[C@H]1N[C@H](C(N)=O)Cc2c1[nH]c1ccccc21. The van der Waals surface area contributed by atoms with E-state index >= 15 is 0 Å². The van der Waals surface area contributed by atoms with Crippen LogP contribution in [0, 0.1) is 0 Å². The van der Waals surface area contributed by atoms with Gasteiger partial charge in [-0.05, 0) is 25.0 Å². The van der Waals surface area contributed by atoms with Crippen LogP contribution in [-0.2, 0) is 11.2 Å². The Morgan fingerprint density at radius 3 is 2.94 bits per heavy atom. The van der Waals surface area contributed by atoms with Gasteiger partial charge in [0.05, 0.1) is 6.04 Å². The molecule has 1 aliphatic rings. The first-order chi connectivity index (χ1) is 8.16. The molecule has 0 bridgehead atoms.